The van der Waals surface area contributed by atoms with Crippen molar-refractivity contribution in [2.45, 2.75) is 62.4 Å². The molecule has 13 heteroatoms. The maximum Gasteiger partial charge on any atom is 0.361 e. The Bertz CT molecular complexity index is 1690. The van der Waals surface area contributed by atoms with Crippen molar-refractivity contribution in [3.63, 3.8) is 0 Å². The molecule has 0 unspecified atom stereocenters. The van der Waals surface area contributed by atoms with E-state index in [9.17, 15) is 28.0 Å². The highest BCUT2D eigenvalue weighted by atomic mass is 32.2. The molecule has 0 aromatic carbocycles. The van der Waals surface area contributed by atoms with Crippen LogP contribution in [0.25, 0.3) is 10.6 Å². The van der Waals surface area contributed by atoms with E-state index < -0.39 is 34.3 Å². The molecular weight excluding hydrogens is 603 g/mol. The van der Waals surface area contributed by atoms with Gasteiger partial charge in [0.15, 0.2) is 5.78 Å². The molecule has 1 saturated heterocycles. The summed E-state index contributed by atoms with van der Waals surface area (Å²) in [5.41, 5.74) is 0.864. The van der Waals surface area contributed by atoms with Crippen LogP contribution in [-0.4, -0.2) is 65.5 Å². The molecule has 11 nitrogen and oxygen atoms in total. The molecule has 2 aliphatic rings. The molecule has 230 valence electrons. The van der Waals surface area contributed by atoms with Crippen LogP contribution in [0.15, 0.2) is 76.5 Å². The molecular formula is C31H34N5O6S2+. The molecule has 5 rings (SSSR count). The fourth-order valence-electron chi connectivity index (χ4n) is 5.50. The minimum Gasteiger partial charge on any atom is -0.339 e. The predicted octanol–water partition coefficient (Wildman–Crippen LogP) is 3.58. The number of pyridine rings is 2. The molecule has 0 bridgehead atoms. The van der Waals surface area contributed by atoms with Crippen LogP contribution < -0.4 is 10.0 Å². The molecule has 1 aliphatic carbocycles. The van der Waals surface area contributed by atoms with E-state index in [-0.39, 0.29) is 35.4 Å². The summed E-state index contributed by atoms with van der Waals surface area (Å²) in [7, 11) is -4.15. The molecule has 3 aromatic heterocycles. The van der Waals surface area contributed by atoms with Crippen LogP contribution >= 0.6 is 11.3 Å². The van der Waals surface area contributed by atoms with Crippen molar-refractivity contribution in [1.82, 2.24) is 14.6 Å². The van der Waals surface area contributed by atoms with Crippen LogP contribution in [0, 0.1) is 5.92 Å². The van der Waals surface area contributed by atoms with Gasteiger partial charge in [-0.15, -0.1) is 11.3 Å². The molecule has 0 radical (unpaired) electrons. The van der Waals surface area contributed by atoms with Crippen molar-refractivity contribution in [3.05, 3.63) is 71.4 Å². The number of Topliss-reactive ketones (excluding diaryl/α,β-unsaturated/α-hetero) is 1. The van der Waals surface area contributed by atoms with Gasteiger partial charge in [-0.2, -0.15) is 9.30 Å². The number of hydrogen-bond donors (Lipinski definition) is 2. The molecule has 44 heavy (non-hydrogen) atoms. The van der Waals surface area contributed by atoms with E-state index in [4.69, 9.17) is 0 Å². The molecule has 1 atom stereocenters. The van der Waals surface area contributed by atoms with Crippen LogP contribution in [0.2, 0.25) is 0 Å². The van der Waals surface area contributed by atoms with Crippen LogP contribution in [0.3, 0.4) is 0 Å². The highest BCUT2D eigenvalue weighted by Crippen LogP contribution is 2.29. The van der Waals surface area contributed by atoms with E-state index in [1.807, 2.05) is 24.3 Å². The van der Waals surface area contributed by atoms with Gasteiger partial charge in [0.25, 0.3) is 11.8 Å². The third-order valence-electron chi connectivity index (χ3n) is 7.84. The van der Waals surface area contributed by atoms with Gasteiger partial charge in [-0.1, -0.05) is 38.2 Å². The standard InChI is InChI=1S/C31H33N5O6S2/c37-26-21-35(44(41,42)29-13-5-7-18-36(29)40)17-8-11-23(26)20-33-30(38)25(19-22-9-2-1-3-10-22)34-31(39)28-15-14-27(43-28)24-12-4-6-16-32-24/h4-7,12-16,18,22,25H,1-3,8-11,17,19,21H2,(H-,34,39,40)/p+1/t25-/m0/s1. The van der Waals surface area contributed by atoms with E-state index >= 15 is 0 Å². The monoisotopic (exact) mass is 636 g/mol. The van der Waals surface area contributed by atoms with Crippen molar-refractivity contribution in [2.75, 3.05) is 13.1 Å². The van der Waals surface area contributed by atoms with Crippen molar-refractivity contribution < 1.29 is 32.7 Å². The number of sulfonamides is 1. The van der Waals surface area contributed by atoms with Crippen LogP contribution in [0.4, 0.5) is 0 Å². The number of nitrogens with zero attached hydrogens (tertiary/aromatic N) is 4. The Morgan fingerprint density at radius 1 is 1.11 bits per heavy atom. The largest absolute Gasteiger partial charge is 0.361 e. The minimum atomic E-state index is -4.15. The number of thiophene rings is 1. The van der Waals surface area contributed by atoms with Gasteiger partial charge >= 0.3 is 15.0 Å². The fraction of sp³-hybridized carbons (Fsp3) is 0.387. The zero-order valence-electron chi connectivity index (χ0n) is 24.1. The van der Waals surface area contributed by atoms with Gasteiger partial charge in [0.1, 0.15) is 6.04 Å². The van der Waals surface area contributed by atoms with Gasteiger partial charge in [0.05, 0.1) is 27.6 Å². The maximum absolute atomic E-state index is 13.4. The second kappa shape index (κ2) is 14.2. The summed E-state index contributed by atoms with van der Waals surface area (Å²) in [6.07, 6.45) is 9.00. The third kappa shape index (κ3) is 7.54. The Morgan fingerprint density at radius 3 is 2.66 bits per heavy atom. The van der Waals surface area contributed by atoms with Gasteiger partial charge in [-0.3, -0.25) is 24.6 Å². The second-order valence-corrected chi connectivity index (χ2v) is 13.9. The number of hydrogen-bond acceptors (Lipinski definition) is 8. The van der Waals surface area contributed by atoms with Crippen LogP contribution in [0.5, 0.6) is 0 Å². The summed E-state index contributed by atoms with van der Waals surface area (Å²) >= 11 is 1.28. The number of carbonyl (C=O) groups excluding carboxylic acids is 3. The Balaban J connectivity index is 1.32. The molecule has 2 N–H and O–H groups in total. The Hall–Kier alpha value is -4.03. The molecule has 1 saturated carbocycles. The number of amides is 2. The van der Waals surface area contributed by atoms with Gasteiger partial charge in [-0.25, -0.2) is 8.42 Å². The first-order valence-electron chi connectivity index (χ1n) is 14.6. The Morgan fingerprint density at radius 2 is 1.91 bits per heavy atom. The van der Waals surface area contributed by atoms with Crippen LogP contribution in [0.1, 0.15) is 61.0 Å². The first-order chi connectivity index (χ1) is 21.2. The maximum atomic E-state index is 13.4. The third-order valence-corrected chi connectivity index (χ3v) is 10.8. The molecule has 2 fully saturated rings. The summed E-state index contributed by atoms with van der Waals surface area (Å²) in [5, 5.41) is 12.5. The molecule has 0 spiro atoms. The van der Waals surface area contributed by atoms with Crippen molar-refractivity contribution in [3.8, 4) is 10.6 Å². The molecule has 1 aliphatic heterocycles. The van der Waals surface area contributed by atoms with Crippen molar-refractivity contribution in [2.24, 2.45) is 10.9 Å². The smallest absolute Gasteiger partial charge is 0.339 e. The number of nitrogens with one attached hydrogen (secondary N) is 1. The predicted molar refractivity (Wildman–Crippen MR) is 163 cm³/mol. The fourth-order valence-corrected chi connectivity index (χ4v) is 7.85. The van der Waals surface area contributed by atoms with Crippen molar-refractivity contribution >= 4 is 44.8 Å². The SMILES string of the molecule is O=C1CN(S(=O)(=O)c2cccc[n+]2O)CCCC1=C=NC(=O)[C@H](CC1CCCCC1)NC(=O)c1ccc(-c2ccccn2)s1. The topological polar surface area (TPSA) is 150 Å². The van der Waals surface area contributed by atoms with Gasteiger partial charge in [0, 0.05) is 29.6 Å². The highest BCUT2D eigenvalue weighted by molar-refractivity contribution is 7.89. The van der Waals surface area contributed by atoms with E-state index in [2.05, 4.69) is 21.2 Å². The first-order valence-corrected chi connectivity index (χ1v) is 16.9. The lowest BCUT2D eigenvalue weighted by Gasteiger charge is -2.25. The lowest BCUT2D eigenvalue weighted by Crippen LogP contribution is -2.44. The number of aliphatic imine (C=N–C) groups is 1. The Labute approximate surface area is 260 Å². The molecule has 3 aromatic rings. The first kappa shape index (κ1) is 31.4. The average molecular weight is 637 g/mol. The van der Waals surface area contributed by atoms with Crippen molar-refractivity contribution in [1.29, 1.82) is 0 Å². The summed E-state index contributed by atoms with van der Waals surface area (Å²) in [4.78, 5) is 49.3. The van der Waals surface area contributed by atoms with Gasteiger partial charge < -0.3 is 5.32 Å². The van der Waals surface area contributed by atoms with Crippen LogP contribution in [-0.2, 0) is 19.6 Å². The average Bonchev–Trinajstić information content (AvgIpc) is 3.45. The summed E-state index contributed by atoms with van der Waals surface area (Å²) in [5.74, 6) is 1.34. The normalized spacial score (nSPS) is 17.4. The van der Waals surface area contributed by atoms with E-state index in [0.717, 1.165) is 47.0 Å². The summed E-state index contributed by atoms with van der Waals surface area (Å²) < 4.78 is 27.7. The minimum absolute atomic E-state index is 0.0454. The van der Waals surface area contributed by atoms with E-state index in [1.165, 1.54) is 35.7 Å². The number of aromatic nitrogens is 2. The summed E-state index contributed by atoms with van der Waals surface area (Å²) in [6.45, 7) is -0.424. The van der Waals surface area contributed by atoms with Gasteiger partial charge in [0.2, 0.25) is 6.20 Å². The van der Waals surface area contributed by atoms with E-state index in [0.29, 0.717) is 22.4 Å². The molecule has 4 heterocycles. The lowest BCUT2D eigenvalue weighted by molar-refractivity contribution is -0.933. The Kier molecular flexibility index (Phi) is 10.1. The highest BCUT2D eigenvalue weighted by Gasteiger charge is 2.36. The number of rotatable bonds is 8. The number of carbonyl (C=O) groups is 3. The van der Waals surface area contributed by atoms with Gasteiger partial charge in [-0.05, 0) is 61.4 Å². The molecule has 2 amide bonds. The summed E-state index contributed by atoms with van der Waals surface area (Å²) in [6, 6.07) is 12.4. The number of ketones is 1. The zero-order valence-corrected chi connectivity index (χ0v) is 25.7. The lowest BCUT2D eigenvalue weighted by atomic mass is 9.84. The quantitative estimate of drug-likeness (QED) is 0.166. The van der Waals surface area contributed by atoms with E-state index in [1.54, 1.807) is 12.3 Å². The second-order valence-electron chi connectivity index (χ2n) is 10.9. The zero-order chi connectivity index (χ0) is 31.1.